The number of nitrogens with zero attached hydrogens (tertiary/aromatic N) is 1. The Kier molecular flexibility index (Phi) is 3.91. The highest BCUT2D eigenvalue weighted by molar-refractivity contribution is 5.95. The van der Waals surface area contributed by atoms with Gasteiger partial charge in [-0.15, -0.1) is 0 Å². The van der Waals surface area contributed by atoms with Crippen LogP contribution in [0.15, 0.2) is 48.5 Å². The second kappa shape index (κ2) is 6.00. The summed E-state index contributed by atoms with van der Waals surface area (Å²) in [7, 11) is 1.87. The summed E-state index contributed by atoms with van der Waals surface area (Å²) in [5.74, 6) is 0.0856. The minimum absolute atomic E-state index is 0.0856. The highest BCUT2D eigenvalue weighted by atomic mass is 16.2. The van der Waals surface area contributed by atoms with Crippen LogP contribution >= 0.6 is 0 Å². The molecule has 0 saturated carbocycles. The van der Waals surface area contributed by atoms with Gasteiger partial charge in [0.05, 0.1) is 0 Å². The van der Waals surface area contributed by atoms with Crippen LogP contribution in [0.25, 0.3) is 0 Å². The zero-order valence-corrected chi connectivity index (χ0v) is 12.3. The van der Waals surface area contributed by atoms with E-state index in [0.717, 1.165) is 37.2 Å². The molecule has 0 saturated heterocycles. The lowest BCUT2D eigenvalue weighted by Crippen LogP contribution is -2.28. The summed E-state index contributed by atoms with van der Waals surface area (Å²) in [4.78, 5) is 14.3. The van der Waals surface area contributed by atoms with Crippen LogP contribution in [-0.4, -0.2) is 30.9 Å². The average molecular weight is 280 g/mol. The number of fused-ring (bicyclic) bond motifs is 1. The van der Waals surface area contributed by atoms with Gasteiger partial charge in [-0.25, -0.2) is 0 Å². The molecule has 1 heterocycles. The lowest BCUT2D eigenvalue weighted by Gasteiger charge is -2.17. The zero-order chi connectivity index (χ0) is 14.7. The summed E-state index contributed by atoms with van der Waals surface area (Å²) < 4.78 is 0. The summed E-state index contributed by atoms with van der Waals surface area (Å²) in [6, 6.07) is 16.2. The van der Waals surface area contributed by atoms with Crippen LogP contribution in [0.5, 0.6) is 0 Å². The van der Waals surface area contributed by atoms with Crippen LogP contribution in [-0.2, 0) is 12.8 Å². The van der Waals surface area contributed by atoms with Gasteiger partial charge in [0, 0.05) is 31.4 Å². The van der Waals surface area contributed by atoms with E-state index >= 15 is 0 Å². The first kappa shape index (κ1) is 13.7. The molecule has 0 radical (unpaired) electrons. The number of amides is 1. The number of rotatable bonds is 4. The zero-order valence-electron chi connectivity index (χ0n) is 12.3. The number of nitrogens with one attached hydrogen (secondary N) is 1. The molecule has 0 aromatic heterocycles. The summed E-state index contributed by atoms with van der Waals surface area (Å²) in [5.41, 5.74) is 4.43. The Morgan fingerprint density at radius 2 is 2.00 bits per heavy atom. The van der Waals surface area contributed by atoms with Gasteiger partial charge < -0.3 is 10.2 Å². The topological polar surface area (TPSA) is 32.3 Å². The van der Waals surface area contributed by atoms with Crippen molar-refractivity contribution in [3.63, 3.8) is 0 Å². The molecule has 1 aliphatic heterocycles. The molecule has 1 N–H and O–H groups in total. The maximum atomic E-state index is 12.5. The van der Waals surface area contributed by atoms with Gasteiger partial charge in [-0.1, -0.05) is 36.4 Å². The van der Waals surface area contributed by atoms with Crippen molar-refractivity contribution in [2.24, 2.45) is 0 Å². The van der Waals surface area contributed by atoms with Crippen molar-refractivity contribution in [2.75, 3.05) is 25.5 Å². The van der Waals surface area contributed by atoms with Crippen LogP contribution < -0.4 is 5.32 Å². The van der Waals surface area contributed by atoms with Gasteiger partial charge in [0.25, 0.3) is 5.91 Å². The van der Waals surface area contributed by atoms with Gasteiger partial charge in [0.15, 0.2) is 0 Å². The summed E-state index contributed by atoms with van der Waals surface area (Å²) in [6.07, 6.45) is 1.93. The normalized spacial score (nSPS) is 12.6. The summed E-state index contributed by atoms with van der Waals surface area (Å²) >= 11 is 0. The fraction of sp³-hybridized carbons (Fsp3) is 0.278. The van der Waals surface area contributed by atoms with Crippen LogP contribution in [0.4, 0.5) is 5.69 Å². The third-order valence-corrected chi connectivity index (χ3v) is 3.99. The fourth-order valence-corrected chi connectivity index (χ4v) is 2.69. The fourth-order valence-electron chi connectivity index (χ4n) is 2.69. The predicted molar refractivity (Wildman–Crippen MR) is 85.7 cm³/mol. The molecule has 2 aromatic rings. The highest BCUT2D eigenvalue weighted by Crippen LogP contribution is 2.23. The third kappa shape index (κ3) is 3.07. The molecule has 0 aliphatic carbocycles. The number of hydrogen-bond acceptors (Lipinski definition) is 2. The Hall–Kier alpha value is -2.29. The molecule has 3 heteroatoms. The van der Waals surface area contributed by atoms with Crippen molar-refractivity contribution in [3.8, 4) is 0 Å². The first-order chi connectivity index (χ1) is 10.2. The van der Waals surface area contributed by atoms with Gasteiger partial charge in [-0.3, -0.25) is 4.79 Å². The Morgan fingerprint density at radius 1 is 1.19 bits per heavy atom. The molecule has 0 unspecified atom stereocenters. The quantitative estimate of drug-likeness (QED) is 0.934. The van der Waals surface area contributed by atoms with E-state index < -0.39 is 0 Å². The molecule has 0 bridgehead atoms. The minimum atomic E-state index is 0.0856. The lowest BCUT2D eigenvalue weighted by atomic mass is 10.1. The lowest BCUT2D eigenvalue weighted by molar-refractivity contribution is 0.0796. The van der Waals surface area contributed by atoms with E-state index in [9.17, 15) is 4.79 Å². The first-order valence-corrected chi connectivity index (χ1v) is 7.40. The molecular weight excluding hydrogens is 260 g/mol. The van der Waals surface area contributed by atoms with E-state index in [-0.39, 0.29) is 5.91 Å². The maximum absolute atomic E-state index is 12.5. The van der Waals surface area contributed by atoms with Crippen LogP contribution in [0.2, 0.25) is 0 Å². The van der Waals surface area contributed by atoms with E-state index in [4.69, 9.17) is 0 Å². The second-order valence-electron chi connectivity index (χ2n) is 5.51. The van der Waals surface area contributed by atoms with Crippen molar-refractivity contribution in [3.05, 3.63) is 65.2 Å². The Morgan fingerprint density at radius 3 is 2.81 bits per heavy atom. The third-order valence-electron chi connectivity index (χ3n) is 3.99. The molecule has 3 nitrogen and oxygen atoms in total. The number of hydrogen-bond donors (Lipinski definition) is 1. The molecular formula is C18H20N2O. The van der Waals surface area contributed by atoms with Crippen molar-refractivity contribution in [2.45, 2.75) is 12.8 Å². The van der Waals surface area contributed by atoms with Gasteiger partial charge in [0.1, 0.15) is 0 Å². The monoisotopic (exact) mass is 280 g/mol. The smallest absolute Gasteiger partial charge is 0.253 e. The Balaban J connectivity index is 1.64. The van der Waals surface area contributed by atoms with E-state index in [1.54, 1.807) is 4.90 Å². The summed E-state index contributed by atoms with van der Waals surface area (Å²) in [5, 5.41) is 3.32. The number of likely N-dealkylation sites (N-methyl/N-ethyl adjacent to an activating group) is 1. The first-order valence-electron chi connectivity index (χ1n) is 7.40. The van der Waals surface area contributed by atoms with E-state index in [1.165, 1.54) is 11.1 Å². The molecule has 0 spiro atoms. The number of carbonyl (C=O) groups excluding carboxylic acids is 1. The average Bonchev–Trinajstić information content (AvgIpc) is 3.00. The van der Waals surface area contributed by atoms with Crippen LogP contribution in [0.1, 0.15) is 21.5 Å². The molecule has 0 fully saturated rings. The highest BCUT2D eigenvalue weighted by Gasteiger charge is 2.16. The molecule has 108 valence electrons. The number of benzene rings is 2. The SMILES string of the molecule is CN(CCc1ccccc1)C(=O)c1ccc2c(c1)NCC2. The molecule has 21 heavy (non-hydrogen) atoms. The van der Waals surface area contributed by atoms with Crippen molar-refractivity contribution in [1.29, 1.82) is 0 Å². The standard InChI is InChI=1S/C18H20N2O/c1-20(12-10-14-5-3-2-4-6-14)18(21)16-8-7-15-9-11-19-17(15)13-16/h2-8,13,19H,9-12H2,1H3. The van der Waals surface area contributed by atoms with E-state index in [2.05, 4.69) is 23.5 Å². The maximum Gasteiger partial charge on any atom is 0.253 e. The molecule has 3 rings (SSSR count). The van der Waals surface area contributed by atoms with Crippen molar-refractivity contribution < 1.29 is 4.79 Å². The number of carbonyl (C=O) groups is 1. The van der Waals surface area contributed by atoms with Crippen molar-refractivity contribution >= 4 is 11.6 Å². The predicted octanol–water partition coefficient (Wildman–Crippen LogP) is 2.97. The van der Waals surface area contributed by atoms with E-state index in [0.29, 0.717) is 0 Å². The second-order valence-corrected chi connectivity index (χ2v) is 5.51. The minimum Gasteiger partial charge on any atom is -0.384 e. The largest absolute Gasteiger partial charge is 0.384 e. The van der Waals surface area contributed by atoms with Gasteiger partial charge in [-0.2, -0.15) is 0 Å². The number of anilines is 1. The van der Waals surface area contributed by atoms with Gasteiger partial charge in [-0.05, 0) is 36.1 Å². The van der Waals surface area contributed by atoms with Crippen molar-refractivity contribution in [1.82, 2.24) is 4.90 Å². The van der Waals surface area contributed by atoms with Crippen LogP contribution in [0.3, 0.4) is 0 Å². The van der Waals surface area contributed by atoms with E-state index in [1.807, 2.05) is 37.4 Å². The molecule has 1 aliphatic rings. The molecule has 1 amide bonds. The van der Waals surface area contributed by atoms with Gasteiger partial charge in [0.2, 0.25) is 0 Å². The van der Waals surface area contributed by atoms with Crippen LogP contribution in [0, 0.1) is 0 Å². The Labute approximate surface area is 125 Å². The van der Waals surface area contributed by atoms with Gasteiger partial charge >= 0.3 is 0 Å². The molecule has 2 aromatic carbocycles. The molecule has 0 atom stereocenters. The summed E-state index contributed by atoms with van der Waals surface area (Å²) in [6.45, 7) is 1.70. The Bertz CT molecular complexity index is 637.